The molecular formula is C30H43BN2Si. The molecule has 0 aliphatic carbocycles. The Hall–Kier alpha value is -2.14. The van der Waals surface area contributed by atoms with Gasteiger partial charge in [-0.25, -0.2) is 0 Å². The maximum Gasteiger partial charge on any atom is 0.312 e. The molecule has 3 aromatic rings. The lowest BCUT2D eigenvalue weighted by atomic mass is 9.91. The predicted octanol–water partition coefficient (Wildman–Crippen LogP) is 4.96. The summed E-state index contributed by atoms with van der Waals surface area (Å²) in [4.78, 5) is 5.58. The van der Waals surface area contributed by atoms with Gasteiger partial charge in [-0.1, -0.05) is 162 Å². The molecule has 4 heteroatoms. The molecule has 0 atom stereocenters. The quantitative estimate of drug-likeness (QED) is 0.305. The van der Waals surface area contributed by atoms with Crippen LogP contribution in [0, 0.1) is 0 Å². The Labute approximate surface area is 210 Å². The molecule has 0 bridgehead atoms. The van der Waals surface area contributed by atoms with Gasteiger partial charge in [0.25, 0.3) is 0 Å². The highest BCUT2D eigenvalue weighted by Crippen LogP contribution is 2.25. The molecule has 3 aromatic carbocycles. The van der Waals surface area contributed by atoms with Gasteiger partial charge in [0.15, 0.2) is 7.94 Å². The third-order valence-electron chi connectivity index (χ3n) is 7.02. The normalized spacial score (nSPS) is 12.5. The zero-order chi connectivity index (χ0) is 24.9. The van der Waals surface area contributed by atoms with Crippen molar-refractivity contribution >= 4 is 30.1 Å². The third kappa shape index (κ3) is 5.10. The van der Waals surface area contributed by atoms with Crippen molar-refractivity contribution in [3.8, 4) is 0 Å². The van der Waals surface area contributed by atoms with Crippen LogP contribution in [0.2, 0.25) is 0 Å². The number of rotatable bonds is 10. The van der Waals surface area contributed by atoms with Gasteiger partial charge in [0.05, 0.1) is 0 Å². The Morgan fingerprint density at radius 3 is 0.882 bits per heavy atom. The van der Waals surface area contributed by atoms with E-state index in [9.17, 15) is 0 Å². The topological polar surface area (TPSA) is 6.48 Å². The fourth-order valence-electron chi connectivity index (χ4n) is 5.97. The van der Waals surface area contributed by atoms with E-state index in [2.05, 4.69) is 156 Å². The molecule has 0 fully saturated rings. The summed E-state index contributed by atoms with van der Waals surface area (Å²) in [5.41, 5.74) is 0. The van der Waals surface area contributed by atoms with Crippen molar-refractivity contribution in [2.45, 2.75) is 79.6 Å². The minimum absolute atomic E-state index is 0.250. The number of hydrogen-bond acceptors (Lipinski definition) is 2. The Kier molecular flexibility index (Phi) is 8.97. The van der Waals surface area contributed by atoms with Gasteiger partial charge in [0, 0.05) is 0 Å². The summed E-state index contributed by atoms with van der Waals surface area (Å²) in [6.07, 6.45) is 0. The first-order chi connectivity index (χ1) is 16.2. The van der Waals surface area contributed by atoms with Gasteiger partial charge >= 0.3 is 6.57 Å². The first-order valence-corrected chi connectivity index (χ1v) is 15.0. The van der Waals surface area contributed by atoms with Crippen molar-refractivity contribution in [2.75, 3.05) is 0 Å². The van der Waals surface area contributed by atoms with E-state index >= 15 is 0 Å². The highest BCUT2D eigenvalue weighted by molar-refractivity contribution is 7.48. The van der Waals surface area contributed by atoms with E-state index in [1.54, 1.807) is 0 Å². The molecule has 0 aromatic heterocycles. The number of hydrogen-bond donors (Lipinski definition) is 0. The minimum atomic E-state index is -2.58. The van der Waals surface area contributed by atoms with E-state index in [-0.39, 0.29) is 6.57 Å². The van der Waals surface area contributed by atoms with Crippen LogP contribution in [0.3, 0.4) is 0 Å². The summed E-state index contributed by atoms with van der Waals surface area (Å²) in [6, 6.07) is 35.8. The van der Waals surface area contributed by atoms with Gasteiger partial charge in [-0.15, -0.1) is 0 Å². The first-order valence-electron chi connectivity index (χ1n) is 12.9. The summed E-state index contributed by atoms with van der Waals surface area (Å²) in [7, 11) is -2.58. The van der Waals surface area contributed by atoms with Crippen LogP contribution in [-0.4, -0.2) is 48.3 Å². The second-order valence-electron chi connectivity index (χ2n) is 10.5. The number of nitrogens with zero attached hydrogens (tertiary/aromatic N) is 2. The van der Waals surface area contributed by atoms with Crippen LogP contribution in [0.4, 0.5) is 0 Å². The molecular weight excluding hydrogens is 427 g/mol. The van der Waals surface area contributed by atoms with Crippen molar-refractivity contribution in [3.63, 3.8) is 0 Å². The summed E-state index contributed by atoms with van der Waals surface area (Å²) >= 11 is 0. The molecule has 34 heavy (non-hydrogen) atoms. The molecule has 0 heterocycles. The second kappa shape index (κ2) is 11.5. The van der Waals surface area contributed by atoms with E-state index in [1.807, 2.05) is 0 Å². The van der Waals surface area contributed by atoms with Crippen LogP contribution in [0.25, 0.3) is 0 Å². The Balaban J connectivity index is 2.56. The van der Waals surface area contributed by atoms with Gasteiger partial charge in [-0.05, 0) is 24.2 Å². The largest absolute Gasteiger partial charge is 0.325 e. The molecule has 0 aliphatic heterocycles. The second-order valence-corrected chi connectivity index (χ2v) is 14.4. The van der Waals surface area contributed by atoms with E-state index in [1.165, 1.54) is 15.6 Å². The lowest BCUT2D eigenvalue weighted by molar-refractivity contribution is 0.231. The first kappa shape index (κ1) is 26.5. The van der Waals surface area contributed by atoms with Crippen molar-refractivity contribution < 1.29 is 0 Å². The molecule has 0 saturated heterocycles. The van der Waals surface area contributed by atoms with Crippen molar-refractivity contribution in [2.24, 2.45) is 0 Å². The smallest absolute Gasteiger partial charge is 0.312 e. The van der Waals surface area contributed by atoms with Gasteiger partial charge in [0.2, 0.25) is 0 Å². The molecule has 3 rings (SSSR count). The minimum Gasteiger partial charge on any atom is -0.325 e. The van der Waals surface area contributed by atoms with Gasteiger partial charge in [0.1, 0.15) is 0 Å². The van der Waals surface area contributed by atoms with Crippen molar-refractivity contribution in [1.82, 2.24) is 9.62 Å². The monoisotopic (exact) mass is 470 g/mol. The zero-order valence-electron chi connectivity index (χ0n) is 22.4. The van der Waals surface area contributed by atoms with E-state index in [4.69, 9.17) is 0 Å². The lowest BCUT2D eigenvalue weighted by Gasteiger charge is -2.53. The molecule has 180 valence electrons. The predicted molar refractivity (Wildman–Crippen MR) is 154 cm³/mol. The van der Waals surface area contributed by atoms with Gasteiger partial charge in [-0.2, -0.15) is 0 Å². The van der Waals surface area contributed by atoms with E-state index in [0.29, 0.717) is 24.2 Å². The molecule has 0 N–H and O–H groups in total. The summed E-state index contributed by atoms with van der Waals surface area (Å²) < 4.78 is 0. The maximum atomic E-state index is 2.79. The highest BCUT2D eigenvalue weighted by Gasteiger charge is 2.56. The van der Waals surface area contributed by atoms with Crippen LogP contribution < -0.4 is 15.6 Å². The fraction of sp³-hybridized carbons (Fsp3) is 0.400. The van der Waals surface area contributed by atoms with Crippen molar-refractivity contribution in [1.29, 1.82) is 0 Å². The average Bonchev–Trinajstić information content (AvgIpc) is 2.81. The molecule has 0 amide bonds. The molecule has 0 aliphatic rings. The Morgan fingerprint density at radius 1 is 0.441 bits per heavy atom. The SMILES string of the molecule is CC(C)N(B(N(C(C)C)C(C)C)[Si](c1ccccc1)(c1ccccc1)c1ccccc1)C(C)C. The van der Waals surface area contributed by atoms with Gasteiger partial charge in [-0.3, -0.25) is 0 Å². The summed E-state index contributed by atoms with van der Waals surface area (Å²) in [5.74, 6) is 0. The summed E-state index contributed by atoms with van der Waals surface area (Å²) in [5, 5.41) is 4.40. The van der Waals surface area contributed by atoms with Gasteiger partial charge < -0.3 is 9.62 Å². The summed E-state index contributed by atoms with van der Waals surface area (Å²) in [6.45, 7) is 19.2. The average molecular weight is 471 g/mol. The van der Waals surface area contributed by atoms with Crippen LogP contribution in [0.5, 0.6) is 0 Å². The standard InChI is InChI=1S/C30H43BN2Si/c1-24(2)32(25(3)4)31(33(26(5)6)27(7)8)34(28-18-12-9-13-19-28,29-20-14-10-15-21-29)30-22-16-11-17-23-30/h9-27H,1-8H3. The zero-order valence-corrected chi connectivity index (χ0v) is 23.4. The molecule has 0 spiro atoms. The number of benzene rings is 3. The van der Waals surface area contributed by atoms with Crippen LogP contribution in [0.15, 0.2) is 91.0 Å². The molecule has 0 unspecified atom stereocenters. The van der Waals surface area contributed by atoms with Crippen LogP contribution >= 0.6 is 0 Å². The maximum absolute atomic E-state index is 2.79. The van der Waals surface area contributed by atoms with Crippen molar-refractivity contribution in [3.05, 3.63) is 91.0 Å². The van der Waals surface area contributed by atoms with E-state index < -0.39 is 7.94 Å². The Morgan fingerprint density at radius 2 is 0.676 bits per heavy atom. The Bertz CT molecular complexity index is 857. The fourth-order valence-corrected chi connectivity index (χ4v) is 12.1. The van der Waals surface area contributed by atoms with Crippen LogP contribution in [0.1, 0.15) is 55.4 Å². The molecule has 0 radical (unpaired) electrons. The third-order valence-corrected chi connectivity index (χ3v) is 12.1. The van der Waals surface area contributed by atoms with E-state index in [0.717, 1.165) is 0 Å². The van der Waals surface area contributed by atoms with Crippen LogP contribution in [-0.2, 0) is 0 Å². The molecule has 2 nitrogen and oxygen atoms in total. The lowest BCUT2D eigenvalue weighted by Crippen LogP contribution is -2.86. The highest BCUT2D eigenvalue weighted by atomic mass is 28.3. The molecule has 0 saturated carbocycles.